The van der Waals surface area contributed by atoms with E-state index in [0.717, 1.165) is 37.2 Å². The molecule has 0 radical (unpaired) electrons. The predicted octanol–water partition coefficient (Wildman–Crippen LogP) is 2.32. The number of hydrogen-bond acceptors (Lipinski definition) is 6. The number of rotatable bonds is 8. The zero-order valence-electron chi connectivity index (χ0n) is 15.8. The highest BCUT2D eigenvalue weighted by molar-refractivity contribution is 5.74. The van der Waals surface area contributed by atoms with Crippen LogP contribution in [0.1, 0.15) is 30.1 Å². The molecule has 1 atom stereocenters. The summed E-state index contributed by atoms with van der Waals surface area (Å²) in [6, 6.07) is 7.74. The third kappa shape index (κ3) is 5.68. The van der Waals surface area contributed by atoms with Crippen molar-refractivity contribution in [1.29, 1.82) is 0 Å². The van der Waals surface area contributed by atoms with Gasteiger partial charge in [0.15, 0.2) is 5.82 Å². The van der Waals surface area contributed by atoms with Gasteiger partial charge in [-0.05, 0) is 37.0 Å². The van der Waals surface area contributed by atoms with Gasteiger partial charge in [-0.1, -0.05) is 17.3 Å². The highest BCUT2D eigenvalue weighted by Crippen LogP contribution is 2.15. The third-order valence-electron chi connectivity index (χ3n) is 4.53. The van der Waals surface area contributed by atoms with Crippen molar-refractivity contribution in [1.82, 2.24) is 20.4 Å². The largest absolute Gasteiger partial charge is 0.497 e. The average molecular weight is 374 g/mol. The fraction of sp³-hybridized carbons (Fsp3) is 0.526. The van der Waals surface area contributed by atoms with E-state index in [1.54, 1.807) is 18.9 Å². The number of benzene rings is 1. The number of methoxy groups -OCH3 is 1. The van der Waals surface area contributed by atoms with Crippen LogP contribution in [0, 0.1) is 6.92 Å². The Bertz CT molecular complexity index is 726. The first-order valence-electron chi connectivity index (χ1n) is 9.20. The van der Waals surface area contributed by atoms with Crippen LogP contribution >= 0.6 is 0 Å². The van der Waals surface area contributed by atoms with Crippen molar-refractivity contribution in [3.05, 3.63) is 41.5 Å². The van der Waals surface area contributed by atoms with Gasteiger partial charge in [0.2, 0.25) is 5.89 Å². The van der Waals surface area contributed by atoms with Gasteiger partial charge < -0.3 is 24.2 Å². The lowest BCUT2D eigenvalue weighted by atomic mass is 10.1. The van der Waals surface area contributed by atoms with Gasteiger partial charge in [0, 0.05) is 26.6 Å². The van der Waals surface area contributed by atoms with E-state index in [1.807, 2.05) is 24.3 Å². The zero-order valence-corrected chi connectivity index (χ0v) is 15.8. The molecule has 1 aromatic heterocycles. The summed E-state index contributed by atoms with van der Waals surface area (Å²) < 4.78 is 15.8. The molecule has 2 amide bonds. The molecule has 3 rings (SSSR count). The second kappa shape index (κ2) is 9.36. The Morgan fingerprint density at radius 3 is 2.81 bits per heavy atom. The monoisotopic (exact) mass is 374 g/mol. The summed E-state index contributed by atoms with van der Waals surface area (Å²) in [5.41, 5.74) is 1.15. The summed E-state index contributed by atoms with van der Waals surface area (Å²) in [5, 5.41) is 6.67. The van der Waals surface area contributed by atoms with Crippen molar-refractivity contribution in [3.8, 4) is 5.75 Å². The molecule has 0 bridgehead atoms. The van der Waals surface area contributed by atoms with Crippen molar-refractivity contribution in [2.45, 2.75) is 38.8 Å². The highest BCUT2D eigenvalue weighted by Gasteiger charge is 2.22. The fourth-order valence-corrected chi connectivity index (χ4v) is 3.05. The molecule has 1 aromatic carbocycles. The number of ether oxygens (including phenoxy) is 2. The maximum Gasteiger partial charge on any atom is 0.317 e. The fourth-order valence-electron chi connectivity index (χ4n) is 3.05. The first kappa shape index (κ1) is 19.2. The molecule has 0 saturated carbocycles. The van der Waals surface area contributed by atoms with Gasteiger partial charge in [-0.2, -0.15) is 4.98 Å². The summed E-state index contributed by atoms with van der Waals surface area (Å²) in [4.78, 5) is 18.6. The molecule has 2 aromatic rings. The average Bonchev–Trinajstić information content (AvgIpc) is 3.35. The standard InChI is InChI=1S/C19H26N4O4/c1-14-21-18(22-27-14)12-20-19(24)23(13-17-4-3-11-26-17)10-9-15-5-7-16(25-2)8-6-15/h5-8,17H,3-4,9-13H2,1-2H3,(H,20,24)/t17-/m1/s1. The molecule has 2 heterocycles. The lowest BCUT2D eigenvalue weighted by Gasteiger charge is -2.25. The Labute approximate surface area is 158 Å². The number of aryl methyl sites for hydroxylation is 1. The van der Waals surface area contributed by atoms with Gasteiger partial charge in [-0.3, -0.25) is 0 Å². The van der Waals surface area contributed by atoms with Crippen LogP contribution in [0.25, 0.3) is 0 Å². The first-order valence-corrected chi connectivity index (χ1v) is 9.20. The Kier molecular flexibility index (Phi) is 6.64. The molecular formula is C19H26N4O4. The molecule has 1 N–H and O–H groups in total. The minimum Gasteiger partial charge on any atom is -0.497 e. The van der Waals surface area contributed by atoms with Gasteiger partial charge in [-0.25, -0.2) is 4.79 Å². The molecule has 1 saturated heterocycles. The van der Waals surface area contributed by atoms with E-state index in [2.05, 4.69) is 15.5 Å². The van der Waals surface area contributed by atoms with Crippen molar-refractivity contribution >= 4 is 6.03 Å². The van der Waals surface area contributed by atoms with Crippen molar-refractivity contribution in [3.63, 3.8) is 0 Å². The normalized spacial score (nSPS) is 16.3. The van der Waals surface area contributed by atoms with Crippen LogP contribution in [0.2, 0.25) is 0 Å². The summed E-state index contributed by atoms with van der Waals surface area (Å²) in [6.45, 7) is 3.90. The molecule has 0 spiro atoms. The number of carbonyl (C=O) groups excluding carboxylic acids is 1. The smallest absolute Gasteiger partial charge is 0.317 e. The Morgan fingerprint density at radius 2 is 2.19 bits per heavy atom. The van der Waals surface area contributed by atoms with Crippen LogP contribution in [0.4, 0.5) is 4.79 Å². The zero-order chi connectivity index (χ0) is 19.1. The van der Waals surface area contributed by atoms with E-state index >= 15 is 0 Å². The molecule has 146 valence electrons. The number of hydrogen-bond donors (Lipinski definition) is 1. The lowest BCUT2D eigenvalue weighted by molar-refractivity contribution is 0.0814. The van der Waals surface area contributed by atoms with Crippen molar-refractivity contribution < 1.29 is 18.8 Å². The SMILES string of the molecule is COc1ccc(CCN(C[C@H]2CCCO2)C(=O)NCc2noc(C)n2)cc1. The molecule has 27 heavy (non-hydrogen) atoms. The maximum atomic E-state index is 12.7. The van der Waals surface area contributed by atoms with E-state index in [4.69, 9.17) is 14.0 Å². The Morgan fingerprint density at radius 1 is 1.37 bits per heavy atom. The van der Waals surface area contributed by atoms with E-state index in [-0.39, 0.29) is 18.7 Å². The summed E-state index contributed by atoms with van der Waals surface area (Å²) in [6.07, 6.45) is 2.88. The topological polar surface area (TPSA) is 89.7 Å². The van der Waals surface area contributed by atoms with E-state index < -0.39 is 0 Å². The minimum absolute atomic E-state index is 0.0963. The van der Waals surface area contributed by atoms with Crippen LogP contribution in [-0.2, 0) is 17.7 Å². The second-order valence-corrected chi connectivity index (χ2v) is 6.57. The van der Waals surface area contributed by atoms with Gasteiger partial charge in [0.1, 0.15) is 5.75 Å². The van der Waals surface area contributed by atoms with E-state index in [9.17, 15) is 4.79 Å². The number of amides is 2. The number of aromatic nitrogens is 2. The number of urea groups is 1. The molecular weight excluding hydrogens is 348 g/mol. The number of carbonyl (C=O) groups is 1. The molecule has 1 aliphatic rings. The predicted molar refractivity (Wildman–Crippen MR) is 98.5 cm³/mol. The second-order valence-electron chi connectivity index (χ2n) is 6.57. The number of nitrogens with zero attached hydrogens (tertiary/aromatic N) is 3. The van der Waals surface area contributed by atoms with Gasteiger partial charge in [0.05, 0.1) is 19.8 Å². The molecule has 8 heteroatoms. The Balaban J connectivity index is 1.57. The van der Waals surface area contributed by atoms with Crippen LogP contribution < -0.4 is 10.1 Å². The number of nitrogens with one attached hydrogen (secondary N) is 1. The third-order valence-corrected chi connectivity index (χ3v) is 4.53. The van der Waals surface area contributed by atoms with Gasteiger partial charge >= 0.3 is 6.03 Å². The van der Waals surface area contributed by atoms with Crippen LogP contribution in [0.15, 0.2) is 28.8 Å². The summed E-state index contributed by atoms with van der Waals surface area (Å²) in [5.74, 6) is 1.77. The quantitative estimate of drug-likeness (QED) is 0.763. The maximum absolute atomic E-state index is 12.7. The van der Waals surface area contributed by atoms with Crippen LogP contribution in [-0.4, -0.2) is 54.0 Å². The van der Waals surface area contributed by atoms with Crippen molar-refractivity contribution in [2.75, 3.05) is 26.8 Å². The molecule has 8 nitrogen and oxygen atoms in total. The van der Waals surface area contributed by atoms with Crippen molar-refractivity contribution in [2.24, 2.45) is 0 Å². The summed E-state index contributed by atoms with van der Waals surface area (Å²) >= 11 is 0. The van der Waals surface area contributed by atoms with Gasteiger partial charge in [0.25, 0.3) is 0 Å². The minimum atomic E-state index is -0.151. The Hall–Kier alpha value is -2.61. The van der Waals surface area contributed by atoms with Gasteiger partial charge in [-0.15, -0.1) is 0 Å². The molecule has 1 aliphatic heterocycles. The molecule has 1 fully saturated rings. The molecule has 0 unspecified atom stereocenters. The van der Waals surface area contributed by atoms with E-state index in [0.29, 0.717) is 24.8 Å². The van der Waals surface area contributed by atoms with Crippen LogP contribution in [0.5, 0.6) is 5.75 Å². The summed E-state index contributed by atoms with van der Waals surface area (Å²) in [7, 11) is 1.65. The highest BCUT2D eigenvalue weighted by atomic mass is 16.5. The van der Waals surface area contributed by atoms with E-state index in [1.165, 1.54) is 0 Å². The molecule has 0 aliphatic carbocycles. The lowest BCUT2D eigenvalue weighted by Crippen LogP contribution is -2.44. The first-order chi connectivity index (χ1) is 13.1. The van der Waals surface area contributed by atoms with Crippen LogP contribution in [0.3, 0.4) is 0 Å².